The van der Waals surface area contributed by atoms with Gasteiger partial charge in [-0.25, -0.2) is 4.98 Å². The van der Waals surface area contributed by atoms with E-state index in [9.17, 15) is 22.8 Å². The van der Waals surface area contributed by atoms with Crippen molar-refractivity contribution in [2.45, 2.75) is 31.9 Å². The van der Waals surface area contributed by atoms with E-state index in [-0.39, 0.29) is 38.1 Å². The quantitative estimate of drug-likeness (QED) is 0.583. The van der Waals surface area contributed by atoms with Gasteiger partial charge < -0.3 is 13.9 Å². The Kier molecular flexibility index (Phi) is 3.79. The first-order chi connectivity index (χ1) is 14.8. The Labute approximate surface area is 172 Å². The van der Waals surface area contributed by atoms with Crippen molar-refractivity contribution in [2.75, 3.05) is 13.1 Å². The van der Waals surface area contributed by atoms with Crippen LogP contribution in [0, 0.1) is 0 Å². The number of hydrogen-bond donors (Lipinski definition) is 0. The van der Waals surface area contributed by atoms with E-state index in [1.165, 1.54) is 13.0 Å². The van der Waals surface area contributed by atoms with Gasteiger partial charge in [0.2, 0.25) is 11.7 Å². The minimum Gasteiger partial charge on any atom is -0.458 e. The van der Waals surface area contributed by atoms with Gasteiger partial charge in [-0.15, -0.1) is 0 Å². The fourth-order valence-corrected chi connectivity index (χ4v) is 3.94. The number of amides is 1. The lowest BCUT2D eigenvalue weighted by Gasteiger charge is -2.30. The van der Waals surface area contributed by atoms with Gasteiger partial charge in [-0.2, -0.15) is 13.2 Å². The van der Waals surface area contributed by atoms with Crippen molar-refractivity contribution in [1.82, 2.24) is 14.5 Å². The number of aryl methyl sites for hydroxylation is 1. The predicted molar refractivity (Wildman–Crippen MR) is 101 cm³/mol. The molecule has 154 valence electrons. The smallest absolute Gasteiger partial charge is 0.449 e. The summed E-state index contributed by atoms with van der Waals surface area (Å²) in [5.41, 5.74) is -1.82. The number of hydrogen-bond acceptors (Lipinski definition) is 4. The van der Waals surface area contributed by atoms with E-state index in [0.29, 0.717) is 25.9 Å². The van der Waals surface area contributed by atoms with Gasteiger partial charge in [0.05, 0.1) is 10.4 Å². The number of piperidine rings is 1. The minimum absolute atomic E-state index is 0.0433. The maximum absolute atomic E-state index is 13.6. The average molecular weight is 431 g/mol. The van der Waals surface area contributed by atoms with Crippen LogP contribution in [0.2, 0.25) is 5.02 Å². The third-order valence-corrected chi connectivity index (χ3v) is 5.48. The molecular weight excluding hydrogens is 411 g/mol. The molecule has 3 heterocycles. The molecule has 0 spiro atoms. The Morgan fingerprint density at radius 3 is 2.62 bits per heavy atom. The van der Waals surface area contributed by atoms with Crippen LogP contribution < -0.4 is 5.43 Å². The Morgan fingerprint density at radius 2 is 2.03 bits per heavy atom. The molecule has 0 bridgehead atoms. The summed E-state index contributed by atoms with van der Waals surface area (Å²) in [7, 11) is 0. The highest BCUT2D eigenvalue weighted by Crippen LogP contribution is 2.37. The number of carbonyl (C=O) groups excluding carboxylic acids is 1. The Bertz CT molecular complexity index is 1290. The number of imidazole rings is 1. The molecule has 1 aromatic carbocycles. The van der Waals surface area contributed by atoms with E-state index >= 15 is 0 Å². The van der Waals surface area contributed by atoms with Crippen LogP contribution in [0.5, 0.6) is 0 Å². The second kappa shape index (κ2) is 6.76. The van der Waals surface area contributed by atoms with Crippen molar-refractivity contribution < 1.29 is 26.5 Å². The highest BCUT2D eigenvalue weighted by molar-refractivity contribution is 6.36. The number of carbonyl (C=O) groups is 1. The molecule has 0 N–H and O–H groups in total. The number of nitrogens with zero attached hydrogens (tertiary/aromatic N) is 3. The Hall–Kier alpha value is -2.55. The van der Waals surface area contributed by atoms with E-state index in [2.05, 4.69) is 4.98 Å². The standard InChI is InChI=1S/C19H17ClF3N3O3/c1-9(27)26-5-3-10(4-6-26)14-8-13(28)11-7-12(20)15-16(17(11)29-14)25(2)18(24-15)19(21,22)23/h7-8,10H,3-6H2,1-2H3/i2D3. The molecule has 3 aromatic rings. The minimum atomic E-state index is -5.08. The lowest BCUT2D eigenvalue weighted by Crippen LogP contribution is -2.36. The fourth-order valence-electron chi connectivity index (χ4n) is 3.70. The van der Waals surface area contributed by atoms with Crippen LogP contribution in [0.1, 0.15) is 41.4 Å². The number of fused-ring (bicyclic) bond motifs is 3. The molecule has 1 aliphatic heterocycles. The van der Waals surface area contributed by atoms with Gasteiger partial charge in [0.1, 0.15) is 16.8 Å². The van der Waals surface area contributed by atoms with Gasteiger partial charge in [-0.3, -0.25) is 9.59 Å². The molecule has 0 aliphatic carbocycles. The van der Waals surface area contributed by atoms with Crippen molar-refractivity contribution in [1.29, 1.82) is 0 Å². The van der Waals surface area contributed by atoms with Gasteiger partial charge >= 0.3 is 6.18 Å². The topological polar surface area (TPSA) is 68.3 Å². The summed E-state index contributed by atoms with van der Waals surface area (Å²) in [5, 5.41) is -0.442. The molecule has 1 saturated heterocycles. The number of alkyl halides is 3. The van der Waals surface area contributed by atoms with E-state index in [1.54, 1.807) is 4.90 Å². The third kappa shape index (κ3) is 3.27. The lowest BCUT2D eigenvalue weighted by atomic mass is 9.93. The van der Waals surface area contributed by atoms with Crippen LogP contribution in [-0.4, -0.2) is 33.4 Å². The van der Waals surface area contributed by atoms with Gasteiger partial charge in [0.25, 0.3) is 0 Å². The Morgan fingerprint density at radius 1 is 1.34 bits per heavy atom. The summed E-state index contributed by atoms with van der Waals surface area (Å²) >= 11 is 6.08. The van der Waals surface area contributed by atoms with Gasteiger partial charge in [0, 0.05) is 43.1 Å². The highest BCUT2D eigenvalue weighted by Gasteiger charge is 2.38. The zero-order valence-corrected chi connectivity index (χ0v) is 15.9. The van der Waals surface area contributed by atoms with E-state index in [1.807, 2.05) is 0 Å². The van der Waals surface area contributed by atoms with Crippen molar-refractivity contribution >= 4 is 39.5 Å². The summed E-state index contributed by atoms with van der Waals surface area (Å²) in [6.07, 6.45) is -4.12. The first-order valence-corrected chi connectivity index (χ1v) is 9.18. The molecule has 0 radical (unpaired) electrons. The largest absolute Gasteiger partial charge is 0.458 e. The van der Waals surface area contributed by atoms with Crippen LogP contribution in [0.4, 0.5) is 13.2 Å². The zero-order valence-electron chi connectivity index (χ0n) is 18.1. The summed E-state index contributed by atoms with van der Waals surface area (Å²) < 4.78 is 69.7. The summed E-state index contributed by atoms with van der Waals surface area (Å²) in [4.78, 5) is 29.4. The summed E-state index contributed by atoms with van der Waals surface area (Å²) in [6.45, 7) is -0.948. The van der Waals surface area contributed by atoms with Gasteiger partial charge in [-0.05, 0) is 18.9 Å². The fraction of sp³-hybridized carbons (Fsp3) is 0.421. The zero-order chi connectivity index (χ0) is 23.6. The molecule has 10 heteroatoms. The molecule has 29 heavy (non-hydrogen) atoms. The van der Waals surface area contributed by atoms with E-state index in [0.717, 1.165) is 6.07 Å². The van der Waals surface area contributed by atoms with E-state index < -0.39 is 35.4 Å². The Balaban J connectivity index is 1.99. The summed E-state index contributed by atoms with van der Waals surface area (Å²) in [6, 6.07) is 2.36. The second-order valence-corrected chi connectivity index (χ2v) is 7.40. The van der Waals surface area contributed by atoms with Crippen molar-refractivity contribution in [3.05, 3.63) is 39.0 Å². The van der Waals surface area contributed by atoms with Gasteiger partial charge in [-0.1, -0.05) is 11.6 Å². The molecule has 4 rings (SSSR count). The third-order valence-electron chi connectivity index (χ3n) is 5.19. The maximum Gasteiger partial charge on any atom is 0.449 e. The number of likely N-dealkylation sites (tertiary alicyclic amines) is 1. The second-order valence-electron chi connectivity index (χ2n) is 6.99. The molecule has 2 aromatic heterocycles. The number of benzene rings is 1. The molecule has 1 amide bonds. The van der Waals surface area contributed by atoms with Crippen LogP contribution in [0.3, 0.4) is 0 Å². The van der Waals surface area contributed by atoms with Crippen molar-refractivity contribution in [3.8, 4) is 0 Å². The lowest BCUT2D eigenvalue weighted by molar-refractivity contribution is -0.146. The summed E-state index contributed by atoms with van der Waals surface area (Å²) in [5.74, 6) is -1.80. The predicted octanol–water partition coefficient (Wildman–Crippen LogP) is 4.08. The molecule has 1 aliphatic rings. The maximum atomic E-state index is 13.6. The first-order valence-electron chi connectivity index (χ1n) is 10.3. The molecular formula is C19H17ClF3N3O3. The number of aromatic nitrogens is 2. The van der Waals surface area contributed by atoms with Crippen LogP contribution in [0.15, 0.2) is 21.3 Å². The SMILES string of the molecule is [2H]C([2H])([2H])n1c(C(F)(F)F)nc2c(Cl)cc3c(=O)cc(C4CCN(C(C)=O)CC4)oc3c21. The molecule has 6 nitrogen and oxygen atoms in total. The van der Waals surface area contributed by atoms with Crippen molar-refractivity contribution in [2.24, 2.45) is 6.98 Å². The highest BCUT2D eigenvalue weighted by atomic mass is 35.5. The number of rotatable bonds is 1. The van der Waals surface area contributed by atoms with Crippen molar-refractivity contribution in [3.63, 3.8) is 0 Å². The molecule has 0 saturated carbocycles. The molecule has 1 fully saturated rings. The van der Waals surface area contributed by atoms with Gasteiger partial charge in [0.15, 0.2) is 11.0 Å². The van der Waals surface area contributed by atoms with Crippen LogP contribution in [-0.2, 0) is 17.9 Å². The van der Waals surface area contributed by atoms with Crippen LogP contribution in [0.25, 0.3) is 22.0 Å². The molecule has 0 unspecified atom stereocenters. The normalized spacial score (nSPS) is 18.1. The van der Waals surface area contributed by atoms with Crippen LogP contribution >= 0.6 is 11.6 Å². The monoisotopic (exact) mass is 430 g/mol. The van der Waals surface area contributed by atoms with E-state index in [4.69, 9.17) is 20.1 Å². The average Bonchev–Trinajstić information content (AvgIpc) is 3.11. The first kappa shape index (κ1) is 16.3. The molecule has 0 atom stereocenters. The number of halogens is 4.